The Morgan fingerprint density at radius 3 is 2.26 bits per heavy atom. The van der Waals surface area contributed by atoms with E-state index in [1.165, 1.54) is 7.11 Å². The molecule has 4 atom stereocenters. The molecule has 3 aliphatic carbocycles. The molecule has 3 aliphatic rings. The number of benzene rings is 2. The Hall–Kier alpha value is -3.57. The predicted octanol–water partition coefficient (Wildman–Crippen LogP) is 7.39. The largest absolute Gasteiger partial charge is 0.496 e. The molecule has 0 radical (unpaired) electrons. The molecule has 42 heavy (non-hydrogen) atoms. The summed E-state index contributed by atoms with van der Waals surface area (Å²) in [5, 5.41) is 5.08. The average molecular weight is 599 g/mol. The highest BCUT2D eigenvalue weighted by molar-refractivity contribution is 5.99. The van der Waals surface area contributed by atoms with Gasteiger partial charge in [-0.15, -0.1) is 0 Å². The molecule has 0 saturated heterocycles. The molecule has 0 spiro atoms. The van der Waals surface area contributed by atoms with Gasteiger partial charge in [-0.05, 0) is 73.4 Å². The van der Waals surface area contributed by atoms with Crippen molar-refractivity contribution in [1.82, 2.24) is 5.32 Å². The average Bonchev–Trinajstić information content (AvgIpc) is 3.64. The molecule has 5 rings (SSSR count). The maximum absolute atomic E-state index is 13.8. The minimum absolute atomic E-state index is 0.0327. The molecule has 0 aromatic heterocycles. The number of hydrogen-bond donors (Lipinski definition) is 2. The third-order valence-corrected chi connectivity index (χ3v) is 8.66. The highest BCUT2D eigenvalue weighted by Crippen LogP contribution is 2.54. The quantitative estimate of drug-likeness (QED) is 0.269. The Bertz CT molecular complexity index is 1400. The highest BCUT2D eigenvalue weighted by atomic mass is 19.4. The van der Waals surface area contributed by atoms with E-state index in [9.17, 15) is 40.3 Å². The monoisotopic (exact) mass is 598 g/mol. The van der Waals surface area contributed by atoms with Crippen LogP contribution in [0.5, 0.6) is 5.75 Å². The fraction of sp³-hybridized carbons (Fsp3) is 0.467. The number of rotatable bonds is 6. The van der Waals surface area contributed by atoms with Crippen LogP contribution < -0.4 is 15.4 Å². The van der Waals surface area contributed by atoms with E-state index >= 15 is 0 Å². The summed E-state index contributed by atoms with van der Waals surface area (Å²) in [5.74, 6) is -5.41. The van der Waals surface area contributed by atoms with Crippen LogP contribution in [0, 0.1) is 23.6 Å². The van der Waals surface area contributed by atoms with Crippen molar-refractivity contribution in [1.29, 1.82) is 0 Å². The number of amides is 2. The first-order valence-corrected chi connectivity index (χ1v) is 13.7. The second-order valence-electron chi connectivity index (χ2n) is 11.1. The Balaban J connectivity index is 1.46. The molecule has 2 unspecified atom stereocenters. The van der Waals surface area contributed by atoms with Crippen LogP contribution in [0.25, 0.3) is 0 Å². The first kappa shape index (κ1) is 29.9. The normalized spacial score (nSPS) is 25.2. The number of halogens is 7. The van der Waals surface area contributed by atoms with Crippen molar-refractivity contribution >= 4 is 17.5 Å². The van der Waals surface area contributed by atoms with Gasteiger partial charge in [0.15, 0.2) is 0 Å². The number of allylic oxidation sites excluding steroid dienone is 1. The SMILES string of the molecule is COc1ccc(C2CCCC2)cc1C(=O)N[C@@H]1C2CCC(/C2=C/C(F)(F)F)[C@@H]1C(=O)Nc1ccc(F)c(C(F)(F)F)c1. The van der Waals surface area contributed by atoms with Crippen LogP contribution in [0.2, 0.25) is 0 Å². The summed E-state index contributed by atoms with van der Waals surface area (Å²) in [7, 11) is 1.39. The summed E-state index contributed by atoms with van der Waals surface area (Å²) in [5.41, 5.74) is -0.873. The van der Waals surface area contributed by atoms with Gasteiger partial charge in [0, 0.05) is 23.7 Å². The minimum atomic E-state index is -5.03. The molecular formula is C30H29F7N2O3. The van der Waals surface area contributed by atoms with Gasteiger partial charge in [0.05, 0.1) is 24.2 Å². The Morgan fingerprint density at radius 1 is 0.929 bits per heavy atom. The van der Waals surface area contributed by atoms with E-state index < -0.39 is 59.3 Å². The smallest absolute Gasteiger partial charge is 0.419 e. The number of fused-ring (bicyclic) bond motifs is 2. The first-order chi connectivity index (χ1) is 19.8. The molecule has 2 bridgehead atoms. The zero-order valence-electron chi connectivity index (χ0n) is 22.5. The van der Waals surface area contributed by atoms with Gasteiger partial charge in [-0.2, -0.15) is 26.3 Å². The van der Waals surface area contributed by atoms with E-state index in [0.29, 0.717) is 12.1 Å². The first-order valence-electron chi connectivity index (χ1n) is 13.7. The van der Waals surface area contributed by atoms with Crippen molar-refractivity contribution in [2.75, 3.05) is 12.4 Å². The molecule has 12 heteroatoms. The number of anilines is 1. The van der Waals surface area contributed by atoms with E-state index in [-0.39, 0.29) is 47.4 Å². The lowest BCUT2D eigenvalue weighted by molar-refractivity contribution is -0.140. The van der Waals surface area contributed by atoms with Gasteiger partial charge in [0.1, 0.15) is 11.6 Å². The highest BCUT2D eigenvalue weighted by Gasteiger charge is 2.55. The number of alkyl halides is 6. The molecule has 0 aliphatic heterocycles. The molecule has 5 nitrogen and oxygen atoms in total. The van der Waals surface area contributed by atoms with Crippen LogP contribution in [0.15, 0.2) is 48.0 Å². The van der Waals surface area contributed by atoms with E-state index in [1.807, 2.05) is 6.07 Å². The van der Waals surface area contributed by atoms with Crippen LogP contribution in [0.4, 0.5) is 36.4 Å². The number of carbonyl (C=O) groups is 2. The van der Waals surface area contributed by atoms with Crippen LogP contribution in [0.1, 0.15) is 65.9 Å². The van der Waals surface area contributed by atoms with Crippen molar-refractivity contribution in [2.45, 2.75) is 62.8 Å². The maximum atomic E-state index is 13.8. The van der Waals surface area contributed by atoms with Crippen molar-refractivity contribution in [3.05, 3.63) is 70.6 Å². The summed E-state index contributed by atoms with van der Waals surface area (Å²) in [4.78, 5) is 27.1. The van der Waals surface area contributed by atoms with Crippen molar-refractivity contribution in [2.24, 2.45) is 17.8 Å². The number of nitrogens with one attached hydrogen (secondary N) is 2. The zero-order valence-corrected chi connectivity index (χ0v) is 22.5. The van der Waals surface area contributed by atoms with Gasteiger partial charge < -0.3 is 15.4 Å². The van der Waals surface area contributed by atoms with Crippen molar-refractivity contribution < 1.29 is 45.1 Å². The van der Waals surface area contributed by atoms with E-state index in [2.05, 4.69) is 10.6 Å². The van der Waals surface area contributed by atoms with Crippen LogP contribution >= 0.6 is 0 Å². The molecule has 2 amide bonds. The van der Waals surface area contributed by atoms with Gasteiger partial charge in [-0.25, -0.2) is 4.39 Å². The lowest BCUT2D eigenvalue weighted by Gasteiger charge is -2.30. The molecule has 2 aromatic carbocycles. The number of methoxy groups -OCH3 is 1. The van der Waals surface area contributed by atoms with Crippen LogP contribution in [-0.2, 0) is 11.0 Å². The number of ether oxygens (including phenoxy) is 1. The topological polar surface area (TPSA) is 67.4 Å². The number of carbonyl (C=O) groups excluding carboxylic acids is 2. The van der Waals surface area contributed by atoms with Gasteiger partial charge in [0.25, 0.3) is 5.91 Å². The zero-order chi connectivity index (χ0) is 30.4. The minimum Gasteiger partial charge on any atom is -0.496 e. The summed E-state index contributed by atoms with van der Waals surface area (Å²) in [6.45, 7) is 0. The molecular weight excluding hydrogens is 569 g/mol. The number of hydrogen-bond acceptors (Lipinski definition) is 3. The summed E-state index contributed by atoms with van der Waals surface area (Å²) in [6, 6.07) is 6.10. The Morgan fingerprint density at radius 2 is 1.62 bits per heavy atom. The second-order valence-corrected chi connectivity index (χ2v) is 11.1. The van der Waals surface area contributed by atoms with Gasteiger partial charge >= 0.3 is 12.4 Å². The summed E-state index contributed by atoms with van der Waals surface area (Å²) >= 11 is 0. The molecule has 3 fully saturated rings. The van der Waals surface area contributed by atoms with Gasteiger partial charge in [0.2, 0.25) is 5.91 Å². The van der Waals surface area contributed by atoms with Crippen LogP contribution in [0.3, 0.4) is 0 Å². The summed E-state index contributed by atoms with van der Waals surface area (Å²) in [6.07, 6.45) is -4.97. The van der Waals surface area contributed by atoms with E-state index in [4.69, 9.17) is 4.74 Å². The lowest BCUT2D eigenvalue weighted by atomic mass is 9.83. The van der Waals surface area contributed by atoms with E-state index in [0.717, 1.165) is 37.3 Å². The second kappa shape index (κ2) is 11.3. The Kier molecular flexibility index (Phi) is 8.02. The van der Waals surface area contributed by atoms with E-state index in [1.54, 1.807) is 12.1 Å². The van der Waals surface area contributed by atoms with Crippen molar-refractivity contribution in [3.8, 4) is 5.75 Å². The molecule has 226 valence electrons. The standard InChI is InChI=1S/C30H29F7N2O3/c1-42-24-11-6-16(15-4-2-3-5-15)12-20(24)27(40)39-26-19-9-8-18(21(19)14-29(32,33)34)25(26)28(41)38-17-7-10-23(31)22(13-17)30(35,36)37/h6-7,10-15,18-19,25-26H,2-5,8-9H2,1H3,(H,38,41)(H,39,40)/b21-14-/t18?,19?,25-,26+/m0/s1. The molecule has 2 aromatic rings. The fourth-order valence-electron chi connectivity index (χ4n) is 6.87. The summed E-state index contributed by atoms with van der Waals surface area (Å²) < 4.78 is 99.3. The third kappa shape index (κ3) is 5.98. The van der Waals surface area contributed by atoms with Crippen LogP contribution in [-0.4, -0.2) is 31.1 Å². The maximum Gasteiger partial charge on any atom is 0.419 e. The van der Waals surface area contributed by atoms with Crippen molar-refractivity contribution in [3.63, 3.8) is 0 Å². The Labute approximate surface area is 237 Å². The molecule has 3 saturated carbocycles. The molecule has 0 heterocycles. The van der Waals surface area contributed by atoms with Gasteiger partial charge in [-0.1, -0.05) is 24.5 Å². The lowest BCUT2D eigenvalue weighted by Crippen LogP contribution is -2.48. The third-order valence-electron chi connectivity index (χ3n) is 8.66. The predicted molar refractivity (Wildman–Crippen MR) is 139 cm³/mol. The fourth-order valence-corrected chi connectivity index (χ4v) is 6.87. The molecule has 2 N–H and O–H groups in total. The van der Waals surface area contributed by atoms with Gasteiger partial charge in [-0.3, -0.25) is 9.59 Å².